The number of ether oxygens (including phenoxy) is 1. The molecule has 1 aromatic carbocycles. The monoisotopic (exact) mass is 251 g/mol. The van der Waals surface area contributed by atoms with E-state index in [-0.39, 0.29) is 11.8 Å². The van der Waals surface area contributed by atoms with Gasteiger partial charge >= 0.3 is 0 Å². The second kappa shape index (κ2) is 6.64. The molecule has 3 atom stereocenters. The van der Waals surface area contributed by atoms with Gasteiger partial charge in [0.2, 0.25) is 0 Å². The van der Waals surface area contributed by atoms with Crippen LogP contribution in [0.15, 0.2) is 18.2 Å². The first-order chi connectivity index (χ1) is 8.49. The third-order valence-electron chi connectivity index (χ3n) is 3.71. The Hall–Kier alpha value is -1.22. The van der Waals surface area contributed by atoms with Gasteiger partial charge in [0.05, 0.1) is 7.11 Å². The minimum atomic E-state index is 0.184. The topological polar surface area (TPSA) is 41.5 Å². The molecule has 1 aromatic rings. The van der Waals surface area contributed by atoms with Crippen molar-refractivity contribution in [1.82, 2.24) is 5.32 Å². The Labute approximate surface area is 110 Å². The average Bonchev–Trinajstić information content (AvgIpc) is 2.37. The van der Waals surface area contributed by atoms with E-state index in [1.165, 1.54) is 6.42 Å². The van der Waals surface area contributed by atoms with E-state index in [4.69, 9.17) is 4.74 Å². The molecule has 0 aliphatic rings. The van der Waals surface area contributed by atoms with E-state index >= 15 is 0 Å². The SMILES string of the molecule is CCC(C)C(C)NC(C)c1ccc(O)c(OC)c1. The molecule has 2 N–H and O–H groups in total. The van der Waals surface area contributed by atoms with E-state index in [1.54, 1.807) is 13.2 Å². The van der Waals surface area contributed by atoms with Gasteiger partial charge in [-0.05, 0) is 37.5 Å². The zero-order valence-corrected chi connectivity index (χ0v) is 12.0. The number of hydrogen-bond donors (Lipinski definition) is 2. The Morgan fingerprint density at radius 3 is 2.50 bits per heavy atom. The summed E-state index contributed by atoms with van der Waals surface area (Å²) in [5.74, 6) is 1.35. The van der Waals surface area contributed by atoms with Gasteiger partial charge in [0.25, 0.3) is 0 Å². The van der Waals surface area contributed by atoms with Crippen LogP contribution in [0.2, 0.25) is 0 Å². The highest BCUT2D eigenvalue weighted by atomic mass is 16.5. The van der Waals surface area contributed by atoms with E-state index in [1.807, 2.05) is 12.1 Å². The molecule has 0 fully saturated rings. The van der Waals surface area contributed by atoms with Gasteiger partial charge in [0.1, 0.15) is 0 Å². The molecule has 0 bridgehead atoms. The minimum Gasteiger partial charge on any atom is -0.504 e. The molecule has 0 aromatic heterocycles. The molecule has 0 heterocycles. The van der Waals surface area contributed by atoms with Crippen LogP contribution in [0.1, 0.15) is 45.7 Å². The van der Waals surface area contributed by atoms with Crippen LogP contribution in [0.25, 0.3) is 0 Å². The first kappa shape index (κ1) is 14.8. The Balaban J connectivity index is 2.75. The highest BCUT2D eigenvalue weighted by Crippen LogP contribution is 2.29. The van der Waals surface area contributed by atoms with Crippen LogP contribution in [-0.4, -0.2) is 18.3 Å². The molecular formula is C15H25NO2. The maximum atomic E-state index is 9.58. The molecule has 0 radical (unpaired) electrons. The van der Waals surface area contributed by atoms with Gasteiger partial charge in [-0.2, -0.15) is 0 Å². The fraction of sp³-hybridized carbons (Fsp3) is 0.600. The van der Waals surface area contributed by atoms with Crippen LogP contribution in [0, 0.1) is 5.92 Å². The Bertz CT molecular complexity index is 379. The molecule has 0 amide bonds. The summed E-state index contributed by atoms with van der Waals surface area (Å²) in [6, 6.07) is 6.20. The van der Waals surface area contributed by atoms with Crippen LogP contribution in [0.3, 0.4) is 0 Å². The predicted octanol–water partition coefficient (Wildman–Crippen LogP) is 3.49. The summed E-state index contributed by atoms with van der Waals surface area (Å²) in [7, 11) is 1.57. The van der Waals surface area contributed by atoms with Gasteiger partial charge in [-0.3, -0.25) is 0 Å². The molecule has 0 saturated heterocycles. The maximum absolute atomic E-state index is 9.58. The molecule has 18 heavy (non-hydrogen) atoms. The summed E-state index contributed by atoms with van der Waals surface area (Å²) in [5, 5.41) is 13.2. The maximum Gasteiger partial charge on any atom is 0.160 e. The number of benzene rings is 1. The summed E-state index contributed by atoms with van der Waals surface area (Å²) >= 11 is 0. The lowest BCUT2D eigenvalue weighted by molar-refractivity contribution is 0.355. The van der Waals surface area contributed by atoms with Crippen molar-refractivity contribution in [3.8, 4) is 11.5 Å². The van der Waals surface area contributed by atoms with Crippen molar-refractivity contribution in [3.05, 3.63) is 23.8 Å². The third kappa shape index (κ3) is 3.64. The van der Waals surface area contributed by atoms with E-state index in [0.717, 1.165) is 5.56 Å². The first-order valence-electron chi connectivity index (χ1n) is 6.62. The second-order valence-electron chi connectivity index (χ2n) is 4.99. The van der Waals surface area contributed by atoms with Crippen LogP contribution >= 0.6 is 0 Å². The van der Waals surface area contributed by atoms with E-state index < -0.39 is 0 Å². The van der Waals surface area contributed by atoms with Crippen molar-refractivity contribution in [1.29, 1.82) is 0 Å². The molecule has 3 nitrogen and oxygen atoms in total. The summed E-state index contributed by atoms with van der Waals surface area (Å²) < 4.78 is 5.13. The van der Waals surface area contributed by atoms with Gasteiger partial charge in [0, 0.05) is 12.1 Å². The highest BCUT2D eigenvalue weighted by molar-refractivity contribution is 5.42. The van der Waals surface area contributed by atoms with Crippen molar-refractivity contribution in [2.24, 2.45) is 5.92 Å². The third-order valence-corrected chi connectivity index (χ3v) is 3.71. The van der Waals surface area contributed by atoms with E-state index in [2.05, 4.69) is 33.0 Å². The number of phenolic OH excluding ortho intramolecular Hbond substituents is 1. The largest absolute Gasteiger partial charge is 0.504 e. The number of nitrogens with one attached hydrogen (secondary N) is 1. The predicted molar refractivity (Wildman–Crippen MR) is 75.1 cm³/mol. The van der Waals surface area contributed by atoms with Gasteiger partial charge < -0.3 is 15.2 Å². The van der Waals surface area contributed by atoms with Crippen molar-refractivity contribution >= 4 is 0 Å². The molecule has 0 saturated carbocycles. The Morgan fingerprint density at radius 2 is 1.94 bits per heavy atom. The van der Waals surface area contributed by atoms with Crippen molar-refractivity contribution in [3.63, 3.8) is 0 Å². The smallest absolute Gasteiger partial charge is 0.160 e. The van der Waals surface area contributed by atoms with Crippen LogP contribution in [0.5, 0.6) is 11.5 Å². The zero-order chi connectivity index (χ0) is 13.7. The average molecular weight is 251 g/mol. The van der Waals surface area contributed by atoms with Crippen molar-refractivity contribution in [2.75, 3.05) is 7.11 Å². The van der Waals surface area contributed by atoms with Crippen LogP contribution in [0.4, 0.5) is 0 Å². The minimum absolute atomic E-state index is 0.184. The number of aromatic hydroxyl groups is 1. The molecule has 102 valence electrons. The molecule has 0 aliphatic carbocycles. The normalized spacial score (nSPS) is 16.1. The number of methoxy groups -OCH3 is 1. The molecule has 3 heteroatoms. The summed E-state index contributed by atoms with van der Waals surface area (Å²) in [5.41, 5.74) is 1.12. The van der Waals surface area contributed by atoms with Crippen molar-refractivity contribution < 1.29 is 9.84 Å². The Morgan fingerprint density at radius 1 is 1.28 bits per heavy atom. The van der Waals surface area contributed by atoms with Crippen LogP contribution < -0.4 is 10.1 Å². The summed E-state index contributed by atoms with van der Waals surface area (Å²) in [6.45, 7) is 8.80. The quantitative estimate of drug-likeness (QED) is 0.813. The lowest BCUT2D eigenvalue weighted by atomic mass is 9.98. The highest BCUT2D eigenvalue weighted by Gasteiger charge is 2.15. The standard InChI is InChI=1S/C15H25NO2/c1-6-10(2)11(3)16-12(4)13-7-8-14(17)15(9-13)18-5/h7-12,16-17H,6H2,1-5H3. The lowest BCUT2D eigenvalue weighted by Gasteiger charge is -2.25. The van der Waals surface area contributed by atoms with Gasteiger partial charge in [-0.25, -0.2) is 0 Å². The lowest BCUT2D eigenvalue weighted by Crippen LogP contribution is -2.33. The molecular weight excluding hydrogens is 226 g/mol. The molecule has 0 spiro atoms. The zero-order valence-electron chi connectivity index (χ0n) is 12.0. The van der Waals surface area contributed by atoms with Gasteiger partial charge in [-0.1, -0.05) is 26.3 Å². The fourth-order valence-electron chi connectivity index (χ4n) is 1.97. The van der Waals surface area contributed by atoms with Gasteiger partial charge in [-0.15, -0.1) is 0 Å². The molecule has 1 rings (SSSR count). The Kier molecular flexibility index (Phi) is 5.48. The van der Waals surface area contributed by atoms with Crippen molar-refractivity contribution in [2.45, 2.75) is 46.2 Å². The molecule has 0 aliphatic heterocycles. The second-order valence-corrected chi connectivity index (χ2v) is 4.99. The van der Waals surface area contributed by atoms with Gasteiger partial charge in [0.15, 0.2) is 11.5 Å². The fourth-order valence-corrected chi connectivity index (χ4v) is 1.97. The number of rotatable bonds is 6. The van der Waals surface area contributed by atoms with E-state index in [9.17, 15) is 5.11 Å². The first-order valence-corrected chi connectivity index (χ1v) is 6.62. The van der Waals surface area contributed by atoms with E-state index in [0.29, 0.717) is 17.7 Å². The summed E-state index contributed by atoms with van der Waals surface area (Å²) in [6.07, 6.45) is 1.17. The summed E-state index contributed by atoms with van der Waals surface area (Å²) in [4.78, 5) is 0. The molecule has 3 unspecified atom stereocenters. The van der Waals surface area contributed by atoms with Crippen LogP contribution in [-0.2, 0) is 0 Å². The number of phenols is 1. The number of hydrogen-bond acceptors (Lipinski definition) is 3.